The topological polar surface area (TPSA) is 96.1 Å². The minimum absolute atomic E-state index is 0.0120. The van der Waals surface area contributed by atoms with Gasteiger partial charge in [-0.2, -0.15) is 5.10 Å². The molecule has 0 aliphatic rings. The molecule has 0 bridgehead atoms. The van der Waals surface area contributed by atoms with E-state index in [9.17, 15) is 13.2 Å². The summed E-state index contributed by atoms with van der Waals surface area (Å²) in [6, 6.07) is 6.59. The lowest BCUT2D eigenvalue weighted by atomic mass is 9.99. The van der Waals surface area contributed by atoms with Crippen LogP contribution in [-0.4, -0.2) is 40.6 Å². The Morgan fingerprint density at radius 1 is 1.03 bits per heavy atom. The first-order valence-corrected chi connectivity index (χ1v) is 11.3. The van der Waals surface area contributed by atoms with E-state index in [1.54, 1.807) is 49.4 Å². The quantitative estimate of drug-likeness (QED) is 0.475. The second-order valence-corrected chi connectivity index (χ2v) is 9.52. The van der Waals surface area contributed by atoms with Crippen LogP contribution in [0.1, 0.15) is 6.92 Å². The van der Waals surface area contributed by atoms with Gasteiger partial charge in [0.2, 0.25) is 0 Å². The third kappa shape index (κ3) is 3.61. The predicted octanol–water partition coefficient (Wildman–Crippen LogP) is 2.80. The normalized spacial score (nSPS) is 11.7. The van der Waals surface area contributed by atoms with E-state index in [1.165, 1.54) is 17.7 Å². The number of hydrogen-bond acceptors (Lipinski definition) is 6. The van der Waals surface area contributed by atoms with Crippen LogP contribution < -0.4 is 10.3 Å². The molecule has 0 aliphatic heterocycles. The van der Waals surface area contributed by atoms with Crippen molar-refractivity contribution in [1.29, 1.82) is 0 Å². The monoisotopic (exact) mass is 438 g/mol. The number of ether oxygens (including phenoxy) is 1. The number of aryl methyl sites for hydroxylation is 2. The molecule has 0 spiro atoms. The fourth-order valence-electron chi connectivity index (χ4n) is 3.54. The highest BCUT2D eigenvalue weighted by molar-refractivity contribution is 7.91. The van der Waals surface area contributed by atoms with Crippen LogP contribution in [0.25, 0.3) is 33.2 Å². The van der Waals surface area contributed by atoms with Gasteiger partial charge in [-0.1, -0.05) is 6.92 Å². The average Bonchev–Trinajstić information content (AvgIpc) is 3.21. The van der Waals surface area contributed by atoms with Crippen molar-refractivity contribution in [2.24, 2.45) is 14.1 Å². The van der Waals surface area contributed by atoms with Gasteiger partial charge < -0.3 is 9.30 Å². The molecule has 8 nitrogen and oxygen atoms in total. The fourth-order valence-corrected chi connectivity index (χ4v) is 4.45. The average molecular weight is 439 g/mol. The number of methoxy groups -OCH3 is 1. The molecule has 1 aromatic carbocycles. The highest BCUT2D eigenvalue weighted by Crippen LogP contribution is 2.36. The second-order valence-electron chi connectivity index (χ2n) is 7.24. The molecule has 0 amide bonds. The van der Waals surface area contributed by atoms with Gasteiger partial charge in [0.1, 0.15) is 5.75 Å². The molecule has 3 aromatic heterocycles. The van der Waals surface area contributed by atoms with Gasteiger partial charge in [-0.3, -0.25) is 14.5 Å². The third-order valence-electron chi connectivity index (χ3n) is 5.27. The molecule has 0 unspecified atom stereocenters. The summed E-state index contributed by atoms with van der Waals surface area (Å²) in [5.41, 5.74) is 2.53. The SMILES string of the molecule is CCS(=O)(=O)c1ccc(OC)c(-c2cn(C)c(=O)c3cnc(-c4cnn(C)c4)cc23)c1. The van der Waals surface area contributed by atoms with E-state index < -0.39 is 9.84 Å². The van der Waals surface area contributed by atoms with Crippen molar-refractivity contribution >= 4 is 20.6 Å². The minimum Gasteiger partial charge on any atom is -0.496 e. The molecule has 9 heteroatoms. The third-order valence-corrected chi connectivity index (χ3v) is 7.00. The molecule has 4 aromatic rings. The molecule has 0 atom stereocenters. The maximum absolute atomic E-state index is 12.8. The van der Waals surface area contributed by atoms with Crippen LogP contribution in [-0.2, 0) is 23.9 Å². The molecule has 0 saturated heterocycles. The maximum Gasteiger partial charge on any atom is 0.259 e. The number of rotatable bonds is 5. The highest BCUT2D eigenvalue weighted by atomic mass is 32.2. The Bertz CT molecular complexity index is 1470. The van der Waals surface area contributed by atoms with Crippen LogP contribution >= 0.6 is 0 Å². The molecule has 160 valence electrons. The zero-order chi connectivity index (χ0) is 22.3. The van der Waals surface area contributed by atoms with Crippen molar-refractivity contribution in [1.82, 2.24) is 19.3 Å². The molecule has 0 N–H and O–H groups in total. The summed E-state index contributed by atoms with van der Waals surface area (Å²) in [7, 11) is 1.57. The van der Waals surface area contributed by atoms with Crippen LogP contribution in [0.4, 0.5) is 0 Å². The minimum atomic E-state index is -3.42. The first-order chi connectivity index (χ1) is 14.7. The van der Waals surface area contributed by atoms with Crippen molar-refractivity contribution < 1.29 is 13.2 Å². The lowest BCUT2D eigenvalue weighted by Crippen LogP contribution is -2.17. The number of pyridine rings is 2. The Morgan fingerprint density at radius 3 is 2.45 bits per heavy atom. The number of aromatic nitrogens is 4. The summed E-state index contributed by atoms with van der Waals surface area (Å²) >= 11 is 0. The van der Waals surface area contributed by atoms with Gasteiger partial charge in [-0.15, -0.1) is 0 Å². The summed E-state index contributed by atoms with van der Waals surface area (Å²) in [6.45, 7) is 1.60. The van der Waals surface area contributed by atoms with E-state index in [2.05, 4.69) is 10.1 Å². The van der Waals surface area contributed by atoms with E-state index in [0.717, 1.165) is 5.56 Å². The zero-order valence-electron chi connectivity index (χ0n) is 17.7. The van der Waals surface area contributed by atoms with Crippen molar-refractivity contribution in [3.8, 4) is 28.1 Å². The van der Waals surface area contributed by atoms with Crippen LogP contribution in [0.5, 0.6) is 5.75 Å². The molecule has 0 radical (unpaired) electrons. The van der Waals surface area contributed by atoms with Gasteiger partial charge in [0, 0.05) is 54.8 Å². The lowest BCUT2D eigenvalue weighted by molar-refractivity contribution is 0.416. The van der Waals surface area contributed by atoms with Crippen molar-refractivity contribution in [3.63, 3.8) is 0 Å². The number of nitrogens with zero attached hydrogens (tertiary/aromatic N) is 4. The van der Waals surface area contributed by atoms with E-state index in [-0.39, 0.29) is 16.2 Å². The van der Waals surface area contributed by atoms with Gasteiger partial charge in [0.25, 0.3) is 5.56 Å². The number of benzene rings is 1. The van der Waals surface area contributed by atoms with E-state index in [4.69, 9.17) is 4.74 Å². The Kier molecular flexibility index (Phi) is 5.14. The van der Waals surface area contributed by atoms with Crippen molar-refractivity contribution in [2.45, 2.75) is 11.8 Å². The first-order valence-electron chi connectivity index (χ1n) is 9.64. The second kappa shape index (κ2) is 7.66. The number of sulfone groups is 1. The summed E-state index contributed by atoms with van der Waals surface area (Å²) in [5.74, 6) is 0.497. The van der Waals surface area contributed by atoms with Crippen LogP contribution in [0.2, 0.25) is 0 Å². The molecular weight excluding hydrogens is 416 g/mol. The first kappa shape index (κ1) is 20.8. The number of fused-ring (bicyclic) bond motifs is 1. The molecule has 31 heavy (non-hydrogen) atoms. The Balaban J connectivity index is 2.06. The lowest BCUT2D eigenvalue weighted by Gasteiger charge is -2.15. The van der Waals surface area contributed by atoms with Crippen LogP contribution in [0.3, 0.4) is 0 Å². The smallest absolute Gasteiger partial charge is 0.259 e. The molecule has 0 aliphatic carbocycles. The maximum atomic E-state index is 12.8. The van der Waals surface area contributed by atoms with Crippen molar-refractivity contribution in [2.75, 3.05) is 12.9 Å². The van der Waals surface area contributed by atoms with Gasteiger partial charge in [-0.25, -0.2) is 8.42 Å². The molecule has 0 fully saturated rings. The van der Waals surface area contributed by atoms with E-state index in [1.807, 2.05) is 19.3 Å². The predicted molar refractivity (Wildman–Crippen MR) is 119 cm³/mol. The van der Waals surface area contributed by atoms with Crippen LogP contribution in [0, 0.1) is 0 Å². The standard InChI is InChI=1S/C22H22N4O4S/c1-5-31(28,29)15-6-7-21(30-4)17(8-15)19-13-25(2)22(27)18-11-23-20(9-16(18)19)14-10-24-26(3)12-14/h6-13H,5H2,1-4H3. The van der Waals surface area contributed by atoms with Gasteiger partial charge >= 0.3 is 0 Å². The fraction of sp³-hybridized carbons (Fsp3) is 0.227. The van der Waals surface area contributed by atoms with Gasteiger partial charge in [0.15, 0.2) is 9.84 Å². The molecule has 4 rings (SSSR count). The zero-order valence-corrected chi connectivity index (χ0v) is 18.5. The highest BCUT2D eigenvalue weighted by Gasteiger charge is 2.19. The number of hydrogen-bond donors (Lipinski definition) is 0. The summed E-state index contributed by atoms with van der Waals surface area (Å²) in [6.07, 6.45) is 6.77. The Hall–Kier alpha value is -3.46. The molecule has 3 heterocycles. The summed E-state index contributed by atoms with van der Waals surface area (Å²) < 4.78 is 33.7. The molecule has 0 saturated carbocycles. The Labute approximate surface area is 179 Å². The van der Waals surface area contributed by atoms with Gasteiger partial charge in [0.05, 0.1) is 35.0 Å². The Morgan fingerprint density at radius 2 is 1.81 bits per heavy atom. The van der Waals surface area contributed by atoms with E-state index in [0.29, 0.717) is 33.3 Å². The molecular formula is C22H22N4O4S. The summed E-state index contributed by atoms with van der Waals surface area (Å²) in [5, 5.41) is 5.27. The largest absolute Gasteiger partial charge is 0.496 e. The van der Waals surface area contributed by atoms with Crippen LogP contribution in [0.15, 0.2) is 58.7 Å². The summed E-state index contributed by atoms with van der Waals surface area (Å²) in [4.78, 5) is 17.4. The van der Waals surface area contributed by atoms with E-state index >= 15 is 0 Å². The van der Waals surface area contributed by atoms with Gasteiger partial charge in [-0.05, 0) is 24.3 Å². The van der Waals surface area contributed by atoms with Crippen molar-refractivity contribution in [3.05, 3.63) is 59.4 Å².